The summed E-state index contributed by atoms with van der Waals surface area (Å²) in [5.41, 5.74) is 0.964. The first-order chi connectivity index (χ1) is 8.69. The van der Waals surface area contributed by atoms with Gasteiger partial charge in [-0.3, -0.25) is 0 Å². The zero-order chi connectivity index (χ0) is 13.4. The summed E-state index contributed by atoms with van der Waals surface area (Å²) in [7, 11) is 0. The molecule has 1 aromatic rings. The smallest absolute Gasteiger partial charge is 0.160 e. The number of rotatable bonds is 8. The summed E-state index contributed by atoms with van der Waals surface area (Å²) in [4.78, 5) is 8.95. The van der Waals surface area contributed by atoms with Gasteiger partial charge in [-0.15, -0.1) is 0 Å². The predicted molar refractivity (Wildman–Crippen MR) is 73.9 cm³/mol. The minimum absolute atomic E-state index is 0.343. The fourth-order valence-electron chi connectivity index (χ4n) is 1.52. The van der Waals surface area contributed by atoms with Crippen LogP contribution in [0.5, 0.6) is 5.75 Å². The van der Waals surface area contributed by atoms with Gasteiger partial charge in [-0.25, -0.2) is 9.97 Å². The molecular weight excluding hydrogens is 226 g/mol. The second-order valence-electron chi connectivity index (χ2n) is 4.68. The SMILES string of the molecule is CCCCOc1cnc(C(C)C)nc1CNCC. The fraction of sp³-hybridized carbons (Fsp3) is 0.714. The molecule has 4 nitrogen and oxygen atoms in total. The van der Waals surface area contributed by atoms with E-state index >= 15 is 0 Å². The highest BCUT2D eigenvalue weighted by atomic mass is 16.5. The molecule has 0 aliphatic rings. The minimum atomic E-state index is 0.343. The fourth-order valence-corrected chi connectivity index (χ4v) is 1.52. The van der Waals surface area contributed by atoms with Gasteiger partial charge in [-0.1, -0.05) is 34.1 Å². The molecule has 0 unspecified atom stereocenters. The van der Waals surface area contributed by atoms with Gasteiger partial charge in [-0.2, -0.15) is 0 Å². The number of aromatic nitrogens is 2. The average Bonchev–Trinajstić information content (AvgIpc) is 2.37. The zero-order valence-electron chi connectivity index (χ0n) is 12.0. The molecule has 102 valence electrons. The van der Waals surface area contributed by atoms with Crippen LogP contribution < -0.4 is 10.1 Å². The van der Waals surface area contributed by atoms with E-state index in [-0.39, 0.29) is 0 Å². The van der Waals surface area contributed by atoms with Crippen LogP contribution >= 0.6 is 0 Å². The molecule has 0 saturated heterocycles. The van der Waals surface area contributed by atoms with Crippen LogP contribution in [-0.2, 0) is 6.54 Å². The highest BCUT2D eigenvalue weighted by molar-refractivity contribution is 5.25. The standard InChI is InChI=1S/C14H25N3O/c1-5-7-8-18-13-10-16-14(11(3)4)17-12(13)9-15-6-2/h10-11,15H,5-9H2,1-4H3. The van der Waals surface area contributed by atoms with Crippen molar-refractivity contribution in [1.82, 2.24) is 15.3 Å². The van der Waals surface area contributed by atoms with Crippen LogP contribution in [0.1, 0.15) is 58.0 Å². The molecule has 0 amide bonds. The first-order valence-electron chi connectivity index (χ1n) is 6.88. The van der Waals surface area contributed by atoms with Crippen molar-refractivity contribution in [3.8, 4) is 5.75 Å². The highest BCUT2D eigenvalue weighted by Gasteiger charge is 2.10. The topological polar surface area (TPSA) is 47.0 Å². The van der Waals surface area contributed by atoms with Crippen LogP contribution in [-0.4, -0.2) is 23.1 Å². The van der Waals surface area contributed by atoms with E-state index in [1.807, 2.05) is 6.20 Å². The lowest BCUT2D eigenvalue weighted by Gasteiger charge is -2.13. The maximum atomic E-state index is 5.74. The Morgan fingerprint density at radius 2 is 2.11 bits per heavy atom. The number of ether oxygens (including phenoxy) is 1. The number of nitrogens with zero attached hydrogens (tertiary/aromatic N) is 2. The summed E-state index contributed by atoms with van der Waals surface area (Å²) >= 11 is 0. The van der Waals surface area contributed by atoms with Crippen LogP contribution in [0.15, 0.2) is 6.20 Å². The Hall–Kier alpha value is -1.16. The van der Waals surface area contributed by atoms with Crippen molar-refractivity contribution in [2.75, 3.05) is 13.2 Å². The van der Waals surface area contributed by atoms with Gasteiger partial charge >= 0.3 is 0 Å². The van der Waals surface area contributed by atoms with Crippen molar-refractivity contribution in [3.05, 3.63) is 17.7 Å². The van der Waals surface area contributed by atoms with E-state index in [0.717, 1.165) is 49.8 Å². The Morgan fingerprint density at radius 1 is 1.33 bits per heavy atom. The maximum Gasteiger partial charge on any atom is 0.160 e. The second kappa shape index (κ2) is 8.03. The van der Waals surface area contributed by atoms with Gasteiger partial charge in [0.15, 0.2) is 5.75 Å². The van der Waals surface area contributed by atoms with E-state index in [0.29, 0.717) is 5.92 Å². The van der Waals surface area contributed by atoms with Gasteiger partial charge in [-0.05, 0) is 13.0 Å². The first-order valence-corrected chi connectivity index (χ1v) is 6.88. The van der Waals surface area contributed by atoms with Gasteiger partial charge in [0.1, 0.15) is 5.82 Å². The third kappa shape index (κ3) is 4.61. The molecule has 1 aromatic heterocycles. The largest absolute Gasteiger partial charge is 0.490 e. The third-order valence-electron chi connectivity index (χ3n) is 2.66. The predicted octanol–water partition coefficient (Wildman–Crippen LogP) is 2.89. The molecule has 0 aromatic carbocycles. The lowest BCUT2D eigenvalue weighted by atomic mass is 10.2. The molecule has 0 radical (unpaired) electrons. The van der Waals surface area contributed by atoms with Crippen LogP contribution in [0.3, 0.4) is 0 Å². The van der Waals surface area contributed by atoms with Gasteiger partial charge in [0.05, 0.1) is 18.5 Å². The molecular formula is C14H25N3O. The highest BCUT2D eigenvalue weighted by Crippen LogP contribution is 2.18. The van der Waals surface area contributed by atoms with E-state index in [1.54, 1.807) is 0 Å². The average molecular weight is 251 g/mol. The number of nitrogens with one attached hydrogen (secondary N) is 1. The Morgan fingerprint density at radius 3 is 2.72 bits per heavy atom. The lowest BCUT2D eigenvalue weighted by Crippen LogP contribution is -2.16. The van der Waals surface area contributed by atoms with Gasteiger partial charge in [0.25, 0.3) is 0 Å². The Balaban J connectivity index is 2.79. The Bertz CT molecular complexity index is 353. The summed E-state index contributed by atoms with van der Waals surface area (Å²) in [5, 5.41) is 3.29. The lowest BCUT2D eigenvalue weighted by molar-refractivity contribution is 0.302. The summed E-state index contributed by atoms with van der Waals surface area (Å²) < 4.78 is 5.74. The van der Waals surface area contributed by atoms with E-state index in [4.69, 9.17) is 4.74 Å². The van der Waals surface area contributed by atoms with Crippen LogP contribution in [0.4, 0.5) is 0 Å². The zero-order valence-corrected chi connectivity index (χ0v) is 12.0. The van der Waals surface area contributed by atoms with Crippen molar-refractivity contribution >= 4 is 0 Å². The van der Waals surface area contributed by atoms with Crippen LogP contribution in [0, 0.1) is 0 Å². The quantitative estimate of drug-likeness (QED) is 0.722. The molecule has 0 bridgehead atoms. The molecule has 0 fully saturated rings. The second-order valence-corrected chi connectivity index (χ2v) is 4.68. The number of hydrogen-bond acceptors (Lipinski definition) is 4. The molecule has 0 saturated carbocycles. The molecule has 0 aliphatic heterocycles. The minimum Gasteiger partial charge on any atom is -0.490 e. The summed E-state index contributed by atoms with van der Waals surface area (Å²) in [6.07, 6.45) is 4.00. The molecule has 1 heterocycles. The van der Waals surface area contributed by atoms with Gasteiger partial charge in [0, 0.05) is 12.5 Å². The number of hydrogen-bond donors (Lipinski definition) is 1. The van der Waals surface area contributed by atoms with Crippen LogP contribution in [0.2, 0.25) is 0 Å². The normalized spacial score (nSPS) is 10.9. The van der Waals surface area contributed by atoms with Crippen molar-refractivity contribution in [3.63, 3.8) is 0 Å². The Kier molecular flexibility index (Phi) is 6.65. The van der Waals surface area contributed by atoms with Crippen molar-refractivity contribution < 1.29 is 4.74 Å². The molecule has 1 rings (SSSR count). The molecule has 4 heteroatoms. The van der Waals surface area contributed by atoms with Crippen LogP contribution in [0.25, 0.3) is 0 Å². The van der Waals surface area contributed by atoms with Gasteiger partial charge in [0.2, 0.25) is 0 Å². The summed E-state index contributed by atoms with van der Waals surface area (Å²) in [6.45, 7) is 10.8. The Labute approximate surface area is 110 Å². The maximum absolute atomic E-state index is 5.74. The molecule has 1 N–H and O–H groups in total. The van der Waals surface area contributed by atoms with Crippen molar-refractivity contribution in [2.45, 2.75) is 53.0 Å². The van der Waals surface area contributed by atoms with E-state index in [9.17, 15) is 0 Å². The molecule has 18 heavy (non-hydrogen) atoms. The van der Waals surface area contributed by atoms with Crippen molar-refractivity contribution in [2.24, 2.45) is 0 Å². The summed E-state index contributed by atoms with van der Waals surface area (Å²) in [6, 6.07) is 0. The number of unbranched alkanes of at least 4 members (excludes halogenated alkanes) is 1. The van der Waals surface area contributed by atoms with E-state index in [2.05, 4.69) is 43.0 Å². The molecule has 0 spiro atoms. The monoisotopic (exact) mass is 251 g/mol. The summed E-state index contributed by atoms with van der Waals surface area (Å²) in [5.74, 6) is 2.04. The molecule has 0 aliphatic carbocycles. The van der Waals surface area contributed by atoms with E-state index < -0.39 is 0 Å². The van der Waals surface area contributed by atoms with Gasteiger partial charge < -0.3 is 10.1 Å². The molecule has 0 atom stereocenters. The van der Waals surface area contributed by atoms with Crippen molar-refractivity contribution in [1.29, 1.82) is 0 Å². The third-order valence-corrected chi connectivity index (χ3v) is 2.66. The first kappa shape index (κ1) is 14.9. The van der Waals surface area contributed by atoms with E-state index in [1.165, 1.54) is 0 Å².